The summed E-state index contributed by atoms with van der Waals surface area (Å²) in [4.78, 5) is 13.2. The quantitative estimate of drug-likeness (QED) is 0.820. The number of benzene rings is 1. The molecule has 2 amide bonds. The number of terminal acetylenes is 1. The van der Waals surface area contributed by atoms with Crippen LogP contribution in [0.2, 0.25) is 10.0 Å². The van der Waals surface area contributed by atoms with Gasteiger partial charge in [-0.2, -0.15) is 0 Å². The summed E-state index contributed by atoms with van der Waals surface area (Å²) in [6.45, 7) is 1.76. The monoisotopic (exact) mass is 270 g/mol. The molecule has 0 aromatic heterocycles. The topological polar surface area (TPSA) is 32.3 Å². The Balaban J connectivity index is 2.75. The molecule has 0 aliphatic rings. The van der Waals surface area contributed by atoms with Crippen molar-refractivity contribution >= 4 is 34.9 Å². The maximum absolute atomic E-state index is 11.8. The fraction of sp³-hybridized carbons (Fsp3) is 0.250. The third kappa shape index (κ3) is 3.55. The smallest absolute Gasteiger partial charge is 0.314 e. The van der Waals surface area contributed by atoms with Gasteiger partial charge in [-0.3, -0.25) is 0 Å². The third-order valence-electron chi connectivity index (χ3n) is 2.31. The molecule has 1 unspecified atom stereocenters. The SMILES string of the molecule is C#CC(C)N(C)C(=O)Nc1ccc(Cl)c(Cl)c1. The molecule has 1 rings (SSSR count). The maximum atomic E-state index is 11.8. The maximum Gasteiger partial charge on any atom is 0.322 e. The molecule has 1 aromatic carbocycles. The number of hydrogen-bond acceptors (Lipinski definition) is 1. The Morgan fingerprint density at radius 1 is 1.47 bits per heavy atom. The highest BCUT2D eigenvalue weighted by Crippen LogP contribution is 2.25. The average molecular weight is 271 g/mol. The van der Waals surface area contributed by atoms with Crippen molar-refractivity contribution in [1.29, 1.82) is 0 Å². The van der Waals surface area contributed by atoms with E-state index in [0.717, 1.165) is 0 Å². The van der Waals surface area contributed by atoms with Gasteiger partial charge in [-0.25, -0.2) is 4.79 Å². The molecule has 0 aliphatic heterocycles. The lowest BCUT2D eigenvalue weighted by molar-refractivity contribution is 0.217. The van der Waals surface area contributed by atoms with Crippen LogP contribution >= 0.6 is 23.2 Å². The van der Waals surface area contributed by atoms with Crippen LogP contribution in [0.1, 0.15) is 6.92 Å². The van der Waals surface area contributed by atoms with Crippen LogP contribution < -0.4 is 5.32 Å². The van der Waals surface area contributed by atoms with Gasteiger partial charge in [0.2, 0.25) is 0 Å². The van der Waals surface area contributed by atoms with Gasteiger partial charge in [0, 0.05) is 12.7 Å². The molecule has 90 valence electrons. The minimum atomic E-state index is -0.297. The molecular weight excluding hydrogens is 259 g/mol. The Morgan fingerprint density at radius 3 is 2.65 bits per heavy atom. The van der Waals surface area contributed by atoms with Gasteiger partial charge >= 0.3 is 6.03 Å². The number of urea groups is 1. The summed E-state index contributed by atoms with van der Waals surface area (Å²) in [5, 5.41) is 3.50. The minimum Gasteiger partial charge on any atom is -0.314 e. The Morgan fingerprint density at radius 2 is 2.12 bits per heavy atom. The lowest BCUT2D eigenvalue weighted by Gasteiger charge is -2.21. The van der Waals surface area contributed by atoms with Gasteiger partial charge in [-0.1, -0.05) is 29.1 Å². The van der Waals surface area contributed by atoms with E-state index in [0.29, 0.717) is 15.7 Å². The minimum absolute atomic E-state index is 0.280. The van der Waals surface area contributed by atoms with Crippen LogP contribution in [0.25, 0.3) is 0 Å². The first kappa shape index (κ1) is 13.7. The van der Waals surface area contributed by atoms with Crippen LogP contribution in [-0.4, -0.2) is 24.0 Å². The molecule has 0 spiro atoms. The zero-order valence-corrected chi connectivity index (χ0v) is 11.0. The summed E-state index contributed by atoms with van der Waals surface area (Å²) >= 11 is 11.6. The van der Waals surface area contributed by atoms with Gasteiger partial charge < -0.3 is 10.2 Å². The first-order valence-electron chi connectivity index (χ1n) is 4.90. The molecule has 0 radical (unpaired) electrons. The second-order valence-electron chi connectivity index (χ2n) is 3.51. The van der Waals surface area contributed by atoms with Crippen molar-refractivity contribution in [2.75, 3.05) is 12.4 Å². The van der Waals surface area contributed by atoms with E-state index >= 15 is 0 Å². The Hall–Kier alpha value is -1.37. The molecule has 17 heavy (non-hydrogen) atoms. The van der Waals surface area contributed by atoms with E-state index in [-0.39, 0.29) is 12.1 Å². The van der Waals surface area contributed by atoms with Crippen molar-refractivity contribution < 1.29 is 4.79 Å². The molecule has 3 nitrogen and oxygen atoms in total. The van der Waals surface area contributed by atoms with Crippen LogP contribution in [0.3, 0.4) is 0 Å². The number of nitrogens with one attached hydrogen (secondary N) is 1. The van der Waals surface area contributed by atoms with Crippen LogP contribution in [0.15, 0.2) is 18.2 Å². The molecule has 1 aromatic rings. The highest BCUT2D eigenvalue weighted by atomic mass is 35.5. The summed E-state index contributed by atoms with van der Waals surface area (Å²) in [6, 6.07) is 4.28. The lowest BCUT2D eigenvalue weighted by atomic mass is 10.3. The molecular formula is C12H12Cl2N2O. The Bertz CT molecular complexity index is 468. The number of anilines is 1. The Kier molecular flexibility index (Phi) is 4.68. The zero-order chi connectivity index (χ0) is 13.0. The van der Waals surface area contributed by atoms with Crippen LogP contribution in [0.5, 0.6) is 0 Å². The van der Waals surface area contributed by atoms with Crippen molar-refractivity contribution in [1.82, 2.24) is 4.90 Å². The molecule has 1 N–H and O–H groups in total. The standard InChI is InChI=1S/C12H12Cl2N2O/c1-4-8(2)16(3)12(17)15-9-5-6-10(13)11(14)7-9/h1,5-8H,2-3H3,(H,15,17). The van der Waals surface area contributed by atoms with Crippen LogP contribution in [-0.2, 0) is 0 Å². The molecule has 0 aliphatic carbocycles. The van der Waals surface area contributed by atoms with E-state index in [1.165, 1.54) is 4.90 Å². The van der Waals surface area contributed by atoms with Gasteiger partial charge in [0.25, 0.3) is 0 Å². The van der Waals surface area contributed by atoms with Crippen molar-refractivity contribution in [3.8, 4) is 12.3 Å². The van der Waals surface area contributed by atoms with Gasteiger partial charge in [0.05, 0.1) is 16.1 Å². The summed E-state index contributed by atoms with van der Waals surface area (Å²) in [7, 11) is 1.62. The lowest BCUT2D eigenvalue weighted by Crippen LogP contribution is -2.37. The number of amides is 2. The highest BCUT2D eigenvalue weighted by molar-refractivity contribution is 6.42. The van der Waals surface area contributed by atoms with E-state index in [4.69, 9.17) is 29.6 Å². The molecule has 5 heteroatoms. The van der Waals surface area contributed by atoms with Gasteiger partial charge in [-0.05, 0) is 25.1 Å². The van der Waals surface area contributed by atoms with Gasteiger partial charge in [-0.15, -0.1) is 6.42 Å². The Labute approximate surface area is 111 Å². The largest absolute Gasteiger partial charge is 0.322 e. The fourth-order valence-corrected chi connectivity index (χ4v) is 1.37. The average Bonchev–Trinajstić information content (AvgIpc) is 2.31. The number of rotatable bonds is 2. The zero-order valence-electron chi connectivity index (χ0n) is 9.50. The summed E-state index contributed by atoms with van der Waals surface area (Å²) in [5.74, 6) is 2.47. The highest BCUT2D eigenvalue weighted by Gasteiger charge is 2.13. The first-order chi connectivity index (χ1) is 7.95. The van der Waals surface area contributed by atoms with Gasteiger partial charge in [0.15, 0.2) is 0 Å². The number of hydrogen-bond donors (Lipinski definition) is 1. The van der Waals surface area contributed by atoms with Gasteiger partial charge in [0.1, 0.15) is 0 Å². The number of nitrogens with zero attached hydrogens (tertiary/aromatic N) is 1. The molecule has 0 heterocycles. The molecule has 0 saturated heterocycles. The van der Waals surface area contributed by atoms with Crippen molar-refractivity contribution in [3.63, 3.8) is 0 Å². The van der Waals surface area contributed by atoms with Crippen molar-refractivity contribution in [2.24, 2.45) is 0 Å². The van der Waals surface area contributed by atoms with E-state index < -0.39 is 0 Å². The molecule has 0 fully saturated rings. The molecule has 1 atom stereocenters. The van der Waals surface area contributed by atoms with Crippen LogP contribution in [0.4, 0.5) is 10.5 Å². The summed E-state index contributed by atoms with van der Waals surface area (Å²) in [5.41, 5.74) is 0.570. The van der Waals surface area contributed by atoms with E-state index in [1.54, 1.807) is 32.2 Å². The van der Waals surface area contributed by atoms with Crippen LogP contribution in [0, 0.1) is 12.3 Å². The summed E-state index contributed by atoms with van der Waals surface area (Å²) in [6.07, 6.45) is 5.24. The number of carbonyl (C=O) groups excluding carboxylic acids is 1. The first-order valence-corrected chi connectivity index (χ1v) is 5.66. The third-order valence-corrected chi connectivity index (χ3v) is 3.05. The normalized spacial score (nSPS) is 11.5. The fourth-order valence-electron chi connectivity index (χ4n) is 1.07. The van der Waals surface area contributed by atoms with E-state index in [2.05, 4.69) is 11.2 Å². The predicted octanol–water partition coefficient (Wildman–Crippen LogP) is 3.48. The van der Waals surface area contributed by atoms with E-state index in [9.17, 15) is 4.79 Å². The second-order valence-corrected chi connectivity index (χ2v) is 4.33. The summed E-state index contributed by atoms with van der Waals surface area (Å²) < 4.78 is 0. The second kappa shape index (κ2) is 5.81. The number of halogens is 2. The van der Waals surface area contributed by atoms with Crippen molar-refractivity contribution in [3.05, 3.63) is 28.2 Å². The van der Waals surface area contributed by atoms with E-state index in [1.807, 2.05) is 0 Å². The molecule has 0 bridgehead atoms. The predicted molar refractivity (Wildman–Crippen MR) is 71.5 cm³/mol. The number of carbonyl (C=O) groups is 1. The van der Waals surface area contributed by atoms with Crippen molar-refractivity contribution in [2.45, 2.75) is 13.0 Å². The molecule has 0 saturated carbocycles.